The first-order chi connectivity index (χ1) is 12.6. The van der Waals surface area contributed by atoms with Gasteiger partial charge in [0.25, 0.3) is 5.91 Å². The number of pyridine rings is 1. The fourth-order valence-electron chi connectivity index (χ4n) is 4.91. The SMILES string of the molecule is CO[C@]1(c2ccnc(C(N)=O)c2)[C@@H]2CCC[C@H]1CN(Cc1ncco1)C2.Cl. The molecule has 0 unspecified atom stereocenters. The maximum atomic E-state index is 11.6. The zero-order valence-corrected chi connectivity index (χ0v) is 16.2. The van der Waals surface area contributed by atoms with E-state index in [0.29, 0.717) is 24.1 Å². The summed E-state index contributed by atoms with van der Waals surface area (Å²) in [6.45, 7) is 2.52. The normalized spacial score (nSPS) is 27.7. The van der Waals surface area contributed by atoms with Crippen molar-refractivity contribution in [1.82, 2.24) is 14.9 Å². The lowest BCUT2D eigenvalue weighted by molar-refractivity contribution is -0.171. The highest BCUT2D eigenvalue weighted by molar-refractivity contribution is 5.90. The number of aromatic nitrogens is 2. The summed E-state index contributed by atoms with van der Waals surface area (Å²) < 4.78 is 11.6. The van der Waals surface area contributed by atoms with Crippen LogP contribution in [0, 0.1) is 11.8 Å². The van der Waals surface area contributed by atoms with Gasteiger partial charge in [-0.25, -0.2) is 4.98 Å². The number of carbonyl (C=O) groups excluding carboxylic acids is 1. The van der Waals surface area contributed by atoms with Crippen LogP contribution in [0.5, 0.6) is 0 Å². The van der Waals surface area contributed by atoms with Crippen LogP contribution < -0.4 is 5.73 Å². The van der Waals surface area contributed by atoms with Gasteiger partial charge in [0.05, 0.1) is 12.7 Å². The molecule has 1 amide bonds. The number of carbonyl (C=O) groups is 1. The number of piperidine rings is 1. The smallest absolute Gasteiger partial charge is 0.267 e. The van der Waals surface area contributed by atoms with Gasteiger partial charge in [0, 0.05) is 38.2 Å². The second-order valence-corrected chi connectivity index (χ2v) is 7.24. The maximum Gasteiger partial charge on any atom is 0.267 e. The molecule has 2 N–H and O–H groups in total. The molecule has 0 spiro atoms. The number of amides is 1. The minimum absolute atomic E-state index is 0. The van der Waals surface area contributed by atoms with Gasteiger partial charge < -0.3 is 14.9 Å². The van der Waals surface area contributed by atoms with Gasteiger partial charge in [-0.05, 0) is 30.5 Å². The summed E-state index contributed by atoms with van der Waals surface area (Å²) in [5, 5.41) is 0. The van der Waals surface area contributed by atoms with Crippen LogP contribution in [0.4, 0.5) is 0 Å². The van der Waals surface area contributed by atoms with Crippen LogP contribution in [-0.2, 0) is 16.9 Å². The Morgan fingerprint density at radius 2 is 2.07 bits per heavy atom. The predicted molar refractivity (Wildman–Crippen MR) is 101 cm³/mol. The van der Waals surface area contributed by atoms with Crippen molar-refractivity contribution in [2.75, 3.05) is 20.2 Å². The van der Waals surface area contributed by atoms with Gasteiger partial charge in [0.2, 0.25) is 5.89 Å². The van der Waals surface area contributed by atoms with Crippen molar-refractivity contribution in [3.05, 3.63) is 47.9 Å². The maximum absolute atomic E-state index is 11.6. The molecule has 1 aliphatic carbocycles. The Kier molecular flexibility index (Phi) is 5.83. The summed E-state index contributed by atoms with van der Waals surface area (Å²) in [6.07, 6.45) is 8.32. The standard InChI is InChI=1S/C19H24N4O3.ClH/c1-25-19(13-5-6-21-16(9-13)18(20)24)14-3-2-4-15(19)11-23(10-14)12-17-22-7-8-26-17;/h5-9,14-15H,2-4,10-12H2,1H3,(H2,20,24);1H/t14-,15+,19-;. The summed E-state index contributed by atoms with van der Waals surface area (Å²) in [5.41, 5.74) is 6.34. The average Bonchev–Trinajstić information content (AvgIpc) is 3.14. The van der Waals surface area contributed by atoms with Gasteiger partial charge in [-0.2, -0.15) is 0 Å². The number of fused-ring (bicyclic) bond motifs is 2. The largest absolute Gasteiger partial charge is 0.448 e. The van der Waals surface area contributed by atoms with Crippen molar-refractivity contribution in [3.63, 3.8) is 0 Å². The molecule has 27 heavy (non-hydrogen) atoms. The molecule has 3 atom stereocenters. The zero-order chi connectivity index (χ0) is 18.1. The first-order valence-electron chi connectivity index (χ1n) is 9.05. The van der Waals surface area contributed by atoms with Gasteiger partial charge in [-0.15, -0.1) is 12.4 Å². The summed E-state index contributed by atoms with van der Waals surface area (Å²) >= 11 is 0. The first kappa shape index (κ1) is 19.8. The summed E-state index contributed by atoms with van der Waals surface area (Å²) in [6, 6.07) is 3.77. The molecule has 1 saturated heterocycles. The van der Waals surface area contributed by atoms with Gasteiger partial charge in [0.15, 0.2) is 0 Å². The number of likely N-dealkylation sites (tertiary alicyclic amines) is 1. The lowest BCUT2D eigenvalue weighted by Crippen LogP contribution is -2.58. The van der Waals surface area contributed by atoms with Crippen LogP contribution >= 0.6 is 12.4 Å². The molecule has 7 nitrogen and oxygen atoms in total. The molecule has 1 saturated carbocycles. The molecule has 1 aliphatic heterocycles. The van der Waals surface area contributed by atoms with Gasteiger partial charge in [-0.3, -0.25) is 14.7 Å². The fourth-order valence-corrected chi connectivity index (χ4v) is 4.91. The predicted octanol–water partition coefficient (Wildman–Crippen LogP) is 2.36. The molecule has 0 aromatic carbocycles. The zero-order valence-electron chi connectivity index (χ0n) is 15.3. The van der Waals surface area contributed by atoms with Crippen LogP contribution in [0.15, 0.2) is 35.2 Å². The number of oxazole rings is 1. The van der Waals surface area contributed by atoms with Crippen LogP contribution in [0.25, 0.3) is 0 Å². The van der Waals surface area contributed by atoms with E-state index in [1.807, 2.05) is 6.07 Å². The number of nitrogens with two attached hydrogens (primary N) is 1. The minimum Gasteiger partial charge on any atom is -0.448 e. The molecular weight excluding hydrogens is 368 g/mol. The van der Waals surface area contributed by atoms with Crippen LogP contribution in [0.1, 0.15) is 41.2 Å². The number of rotatable bonds is 5. The van der Waals surface area contributed by atoms with Crippen molar-refractivity contribution < 1.29 is 13.9 Å². The van der Waals surface area contributed by atoms with E-state index < -0.39 is 11.5 Å². The second kappa shape index (κ2) is 7.96. The van der Waals surface area contributed by atoms with Crippen LogP contribution in [0.3, 0.4) is 0 Å². The number of methoxy groups -OCH3 is 1. The highest BCUT2D eigenvalue weighted by Crippen LogP contribution is 2.51. The lowest BCUT2D eigenvalue weighted by atomic mass is 9.62. The Balaban J connectivity index is 0.00000210. The van der Waals surface area contributed by atoms with Crippen molar-refractivity contribution in [3.8, 4) is 0 Å². The van der Waals surface area contributed by atoms with E-state index in [1.54, 1.807) is 31.8 Å². The molecule has 3 heterocycles. The Morgan fingerprint density at radius 3 is 2.67 bits per heavy atom. The van der Waals surface area contributed by atoms with E-state index >= 15 is 0 Å². The Hall–Kier alpha value is -1.96. The molecule has 2 aromatic heterocycles. The van der Waals surface area contributed by atoms with Crippen molar-refractivity contribution >= 4 is 18.3 Å². The molecule has 0 radical (unpaired) electrons. The number of hydrogen-bond donors (Lipinski definition) is 1. The molecule has 2 bridgehead atoms. The Bertz CT molecular complexity index is 769. The van der Waals surface area contributed by atoms with E-state index in [-0.39, 0.29) is 12.4 Å². The van der Waals surface area contributed by atoms with Gasteiger partial charge in [0.1, 0.15) is 17.6 Å². The molecule has 2 aliphatic rings. The second-order valence-electron chi connectivity index (χ2n) is 7.24. The van der Waals surface area contributed by atoms with E-state index in [4.69, 9.17) is 14.9 Å². The topological polar surface area (TPSA) is 94.5 Å². The number of hydrogen-bond acceptors (Lipinski definition) is 6. The molecular formula is C19H25ClN4O3. The quantitative estimate of drug-likeness (QED) is 0.839. The van der Waals surface area contributed by atoms with Crippen LogP contribution in [-0.4, -0.2) is 41.0 Å². The summed E-state index contributed by atoms with van der Waals surface area (Å²) in [4.78, 5) is 22.3. The summed E-state index contributed by atoms with van der Waals surface area (Å²) in [7, 11) is 1.78. The molecule has 4 rings (SSSR count). The Labute approximate surface area is 164 Å². The van der Waals surface area contributed by atoms with Gasteiger partial charge >= 0.3 is 0 Å². The number of nitrogens with zero attached hydrogens (tertiary/aromatic N) is 3. The Morgan fingerprint density at radius 1 is 1.33 bits per heavy atom. The lowest BCUT2D eigenvalue weighted by Gasteiger charge is -2.55. The molecule has 2 fully saturated rings. The van der Waals surface area contributed by atoms with Crippen LogP contribution in [0.2, 0.25) is 0 Å². The fraction of sp³-hybridized carbons (Fsp3) is 0.526. The third-order valence-corrected chi connectivity index (χ3v) is 5.92. The first-order valence-corrected chi connectivity index (χ1v) is 9.05. The molecule has 2 aromatic rings. The highest BCUT2D eigenvalue weighted by atomic mass is 35.5. The average molecular weight is 393 g/mol. The van der Waals surface area contributed by atoms with Crippen molar-refractivity contribution in [2.24, 2.45) is 17.6 Å². The van der Waals surface area contributed by atoms with Crippen molar-refractivity contribution in [1.29, 1.82) is 0 Å². The monoisotopic (exact) mass is 392 g/mol. The summed E-state index contributed by atoms with van der Waals surface area (Å²) in [5.74, 6) is 0.897. The third kappa shape index (κ3) is 3.47. The molecule has 146 valence electrons. The minimum atomic E-state index is -0.510. The molecule has 8 heteroatoms. The van der Waals surface area contributed by atoms with Gasteiger partial charge in [-0.1, -0.05) is 6.42 Å². The van der Waals surface area contributed by atoms with E-state index in [9.17, 15) is 4.79 Å². The number of halogens is 1. The van der Waals surface area contributed by atoms with E-state index in [1.165, 1.54) is 6.42 Å². The third-order valence-electron chi connectivity index (χ3n) is 5.92. The van der Waals surface area contributed by atoms with E-state index in [0.717, 1.165) is 37.4 Å². The number of primary amides is 1. The van der Waals surface area contributed by atoms with Crippen molar-refractivity contribution in [2.45, 2.75) is 31.4 Å². The highest BCUT2D eigenvalue weighted by Gasteiger charge is 2.53. The number of ether oxygens (including phenoxy) is 1. The van der Waals surface area contributed by atoms with E-state index in [2.05, 4.69) is 14.9 Å².